The number of aromatic nitrogens is 2. The molecule has 0 amide bonds. The van der Waals surface area contributed by atoms with Crippen LogP contribution in [-0.4, -0.2) is 10.1 Å². The van der Waals surface area contributed by atoms with Crippen molar-refractivity contribution in [2.24, 2.45) is 0 Å². The van der Waals surface area contributed by atoms with Crippen molar-refractivity contribution in [2.75, 3.05) is 0 Å². The van der Waals surface area contributed by atoms with E-state index < -0.39 is 0 Å². The second-order valence-corrected chi connectivity index (χ2v) is 4.35. The minimum atomic E-state index is 0.224. The summed E-state index contributed by atoms with van der Waals surface area (Å²) >= 11 is 5.83. The summed E-state index contributed by atoms with van der Waals surface area (Å²) in [7, 11) is 0. The molecule has 0 N–H and O–H groups in total. The van der Waals surface area contributed by atoms with Gasteiger partial charge in [-0.15, -0.1) is 0 Å². The molecule has 1 aromatic carbocycles. The van der Waals surface area contributed by atoms with Crippen LogP contribution >= 0.6 is 11.6 Å². The van der Waals surface area contributed by atoms with Gasteiger partial charge in [-0.2, -0.15) is 4.98 Å². The molecule has 0 bridgehead atoms. The van der Waals surface area contributed by atoms with Gasteiger partial charge in [-0.05, 0) is 31.0 Å². The van der Waals surface area contributed by atoms with Gasteiger partial charge >= 0.3 is 0 Å². The Bertz CT molecular complexity index is 464. The third-order valence-corrected chi connectivity index (χ3v) is 2.67. The molecule has 0 saturated carbocycles. The second kappa shape index (κ2) is 4.66. The van der Waals surface area contributed by atoms with Crippen molar-refractivity contribution < 1.29 is 4.52 Å². The van der Waals surface area contributed by atoms with Crippen LogP contribution < -0.4 is 0 Å². The highest BCUT2D eigenvalue weighted by atomic mass is 35.5. The van der Waals surface area contributed by atoms with Crippen LogP contribution in [0.15, 0.2) is 28.8 Å². The van der Waals surface area contributed by atoms with Gasteiger partial charge < -0.3 is 4.52 Å². The summed E-state index contributed by atoms with van der Waals surface area (Å²) < 4.78 is 5.13. The maximum absolute atomic E-state index is 5.83. The highest BCUT2D eigenvalue weighted by molar-refractivity contribution is 6.30. The molecule has 2 aromatic rings. The van der Waals surface area contributed by atoms with Crippen molar-refractivity contribution >= 4 is 11.6 Å². The van der Waals surface area contributed by atoms with E-state index in [2.05, 4.69) is 17.1 Å². The first-order chi connectivity index (χ1) is 7.65. The van der Waals surface area contributed by atoms with Crippen molar-refractivity contribution in [2.45, 2.75) is 26.2 Å². The third-order valence-electron chi connectivity index (χ3n) is 2.42. The molecule has 4 heteroatoms. The lowest BCUT2D eigenvalue weighted by molar-refractivity contribution is 0.355. The quantitative estimate of drug-likeness (QED) is 0.820. The highest BCUT2D eigenvalue weighted by Crippen LogP contribution is 2.19. The molecule has 1 atom stereocenters. The fourth-order valence-corrected chi connectivity index (χ4v) is 1.70. The Morgan fingerprint density at radius 2 is 2.00 bits per heavy atom. The van der Waals surface area contributed by atoms with Crippen LogP contribution in [0.5, 0.6) is 0 Å². The summed E-state index contributed by atoms with van der Waals surface area (Å²) in [6.07, 6.45) is 0.874. The smallest absolute Gasteiger partial charge is 0.229 e. The van der Waals surface area contributed by atoms with Gasteiger partial charge in [-0.3, -0.25) is 0 Å². The molecule has 0 spiro atoms. The maximum atomic E-state index is 5.83. The zero-order chi connectivity index (χ0) is 11.5. The Morgan fingerprint density at radius 3 is 2.56 bits per heavy atom. The average Bonchev–Trinajstić information content (AvgIpc) is 2.68. The van der Waals surface area contributed by atoms with E-state index >= 15 is 0 Å². The number of rotatable bonds is 3. The van der Waals surface area contributed by atoms with Gasteiger partial charge in [0.2, 0.25) is 5.89 Å². The molecule has 0 radical (unpaired) electrons. The van der Waals surface area contributed by atoms with Crippen molar-refractivity contribution in [1.82, 2.24) is 10.1 Å². The standard InChI is InChI=1S/C12H13ClN2O/c1-8(12-14-9(2)15-16-12)7-10-3-5-11(13)6-4-10/h3-6,8H,7H2,1-2H3. The normalized spacial score (nSPS) is 12.7. The highest BCUT2D eigenvalue weighted by Gasteiger charge is 2.13. The van der Waals surface area contributed by atoms with Crippen LogP contribution in [0.4, 0.5) is 0 Å². The van der Waals surface area contributed by atoms with Crippen molar-refractivity contribution in [3.05, 3.63) is 46.6 Å². The molecule has 16 heavy (non-hydrogen) atoms. The number of benzene rings is 1. The van der Waals surface area contributed by atoms with Gasteiger partial charge in [0.25, 0.3) is 0 Å². The molecular formula is C12H13ClN2O. The molecule has 0 saturated heterocycles. The Balaban J connectivity index is 2.07. The van der Waals surface area contributed by atoms with E-state index in [0.29, 0.717) is 11.7 Å². The number of hydrogen-bond acceptors (Lipinski definition) is 3. The molecular weight excluding hydrogens is 224 g/mol. The van der Waals surface area contributed by atoms with Gasteiger partial charge in [-0.1, -0.05) is 35.8 Å². The first kappa shape index (κ1) is 11.1. The summed E-state index contributed by atoms with van der Waals surface area (Å²) in [5, 5.41) is 4.54. The van der Waals surface area contributed by atoms with Crippen LogP contribution in [0.2, 0.25) is 5.02 Å². The fraction of sp³-hybridized carbons (Fsp3) is 0.333. The second-order valence-electron chi connectivity index (χ2n) is 3.91. The van der Waals surface area contributed by atoms with Crippen LogP contribution in [0.1, 0.15) is 30.1 Å². The van der Waals surface area contributed by atoms with E-state index in [1.165, 1.54) is 5.56 Å². The van der Waals surface area contributed by atoms with E-state index in [4.69, 9.17) is 16.1 Å². The maximum Gasteiger partial charge on any atom is 0.229 e. The summed E-state index contributed by atoms with van der Waals surface area (Å²) in [4.78, 5) is 4.22. The Hall–Kier alpha value is -1.35. The van der Waals surface area contributed by atoms with Gasteiger partial charge in [0.1, 0.15) is 0 Å². The lowest BCUT2D eigenvalue weighted by Crippen LogP contribution is -1.98. The van der Waals surface area contributed by atoms with Gasteiger partial charge in [0.05, 0.1) is 0 Å². The minimum absolute atomic E-state index is 0.224. The molecule has 0 fully saturated rings. The zero-order valence-electron chi connectivity index (χ0n) is 9.27. The molecule has 0 aliphatic carbocycles. The average molecular weight is 237 g/mol. The Labute approximate surface area is 99.4 Å². The number of nitrogens with zero attached hydrogens (tertiary/aromatic N) is 2. The van der Waals surface area contributed by atoms with Crippen LogP contribution in [0.3, 0.4) is 0 Å². The van der Waals surface area contributed by atoms with Gasteiger partial charge in [0, 0.05) is 10.9 Å². The summed E-state index contributed by atoms with van der Waals surface area (Å²) in [6.45, 7) is 3.89. The number of hydrogen-bond donors (Lipinski definition) is 0. The third kappa shape index (κ3) is 2.61. The minimum Gasteiger partial charge on any atom is -0.339 e. The molecule has 1 aromatic heterocycles. The fourth-order valence-electron chi connectivity index (χ4n) is 1.57. The van der Waals surface area contributed by atoms with Crippen molar-refractivity contribution in [3.8, 4) is 0 Å². The topological polar surface area (TPSA) is 38.9 Å². The first-order valence-corrected chi connectivity index (χ1v) is 5.57. The van der Waals surface area contributed by atoms with Gasteiger partial charge in [-0.25, -0.2) is 0 Å². The molecule has 3 nitrogen and oxygen atoms in total. The molecule has 84 valence electrons. The van der Waals surface area contributed by atoms with Crippen LogP contribution in [0.25, 0.3) is 0 Å². The van der Waals surface area contributed by atoms with Crippen molar-refractivity contribution in [1.29, 1.82) is 0 Å². The molecule has 2 rings (SSSR count). The van der Waals surface area contributed by atoms with E-state index in [9.17, 15) is 0 Å². The largest absolute Gasteiger partial charge is 0.339 e. The monoisotopic (exact) mass is 236 g/mol. The first-order valence-electron chi connectivity index (χ1n) is 5.20. The van der Waals surface area contributed by atoms with Crippen LogP contribution in [0, 0.1) is 6.92 Å². The molecule has 1 unspecified atom stereocenters. The Morgan fingerprint density at radius 1 is 1.31 bits per heavy atom. The predicted molar refractivity (Wildman–Crippen MR) is 62.6 cm³/mol. The number of aryl methyl sites for hydroxylation is 1. The van der Waals surface area contributed by atoms with E-state index in [1.807, 2.05) is 31.2 Å². The SMILES string of the molecule is Cc1noc(C(C)Cc2ccc(Cl)cc2)n1. The molecule has 0 aliphatic rings. The number of halogens is 1. The van der Waals surface area contributed by atoms with E-state index in [0.717, 1.165) is 11.4 Å². The predicted octanol–water partition coefficient (Wildman–Crippen LogP) is 3.38. The van der Waals surface area contributed by atoms with Crippen molar-refractivity contribution in [3.63, 3.8) is 0 Å². The lowest BCUT2D eigenvalue weighted by atomic mass is 10.0. The summed E-state index contributed by atoms with van der Waals surface area (Å²) in [6, 6.07) is 7.81. The Kier molecular flexibility index (Phi) is 3.25. The summed E-state index contributed by atoms with van der Waals surface area (Å²) in [5.74, 6) is 1.59. The van der Waals surface area contributed by atoms with E-state index in [-0.39, 0.29) is 5.92 Å². The lowest BCUT2D eigenvalue weighted by Gasteiger charge is -2.06. The molecule has 1 heterocycles. The van der Waals surface area contributed by atoms with Gasteiger partial charge in [0.15, 0.2) is 5.82 Å². The molecule has 0 aliphatic heterocycles. The zero-order valence-corrected chi connectivity index (χ0v) is 10.0. The van der Waals surface area contributed by atoms with E-state index in [1.54, 1.807) is 0 Å². The summed E-state index contributed by atoms with van der Waals surface area (Å²) in [5.41, 5.74) is 1.22. The van der Waals surface area contributed by atoms with Crippen LogP contribution in [-0.2, 0) is 6.42 Å².